The first-order valence-corrected chi connectivity index (χ1v) is 8.44. The van der Waals surface area contributed by atoms with E-state index in [1.54, 1.807) is 11.6 Å². The van der Waals surface area contributed by atoms with Crippen LogP contribution in [0.1, 0.15) is 42.9 Å². The van der Waals surface area contributed by atoms with Gasteiger partial charge in [-0.3, -0.25) is 9.89 Å². The number of para-hydroxylation sites is 1. The highest BCUT2D eigenvalue weighted by Gasteiger charge is 2.25. The molecule has 0 saturated heterocycles. The number of hydrogen-bond acceptors (Lipinski definition) is 3. The fourth-order valence-electron chi connectivity index (χ4n) is 3.88. The van der Waals surface area contributed by atoms with Gasteiger partial charge in [0.1, 0.15) is 5.75 Å². The van der Waals surface area contributed by atoms with Gasteiger partial charge in [-0.1, -0.05) is 31.0 Å². The van der Waals surface area contributed by atoms with Gasteiger partial charge in [0.15, 0.2) is 5.65 Å². The lowest BCUT2D eigenvalue weighted by molar-refractivity contribution is 0.416. The van der Waals surface area contributed by atoms with Gasteiger partial charge in [0.2, 0.25) is 0 Å². The molecule has 0 aliphatic heterocycles. The Bertz CT molecular complexity index is 949. The number of ether oxygens (including phenoxy) is 1. The monoisotopic (exact) mass is 323 g/mol. The van der Waals surface area contributed by atoms with Crippen molar-refractivity contribution in [1.82, 2.24) is 14.6 Å². The van der Waals surface area contributed by atoms with Crippen molar-refractivity contribution in [2.45, 2.75) is 38.5 Å². The van der Waals surface area contributed by atoms with Gasteiger partial charge >= 0.3 is 0 Å². The molecule has 1 fully saturated rings. The maximum atomic E-state index is 13.0. The second-order valence-corrected chi connectivity index (χ2v) is 6.44. The molecule has 1 aliphatic rings. The van der Waals surface area contributed by atoms with E-state index in [4.69, 9.17) is 9.72 Å². The van der Waals surface area contributed by atoms with Crippen molar-refractivity contribution in [1.29, 1.82) is 0 Å². The first-order valence-electron chi connectivity index (χ1n) is 8.44. The minimum atomic E-state index is 0.0329. The predicted octanol–water partition coefficient (Wildman–Crippen LogP) is 3.66. The first kappa shape index (κ1) is 15.0. The fourth-order valence-corrected chi connectivity index (χ4v) is 3.88. The maximum Gasteiger partial charge on any atom is 0.276 e. The molecule has 2 aromatic heterocycles. The van der Waals surface area contributed by atoms with E-state index >= 15 is 0 Å². The molecule has 24 heavy (non-hydrogen) atoms. The molecule has 0 amide bonds. The molecule has 1 aliphatic carbocycles. The third kappa shape index (κ3) is 2.23. The quantitative estimate of drug-likeness (QED) is 0.800. The lowest BCUT2D eigenvalue weighted by Crippen LogP contribution is -2.23. The molecule has 1 aromatic carbocycles. The fraction of sp³-hybridized carbons (Fsp3) is 0.368. The Kier molecular flexibility index (Phi) is 3.63. The van der Waals surface area contributed by atoms with Crippen LogP contribution in [0.2, 0.25) is 0 Å². The van der Waals surface area contributed by atoms with Gasteiger partial charge in [-0.15, -0.1) is 0 Å². The van der Waals surface area contributed by atoms with Gasteiger partial charge in [-0.05, 0) is 31.7 Å². The Labute approximate surface area is 140 Å². The summed E-state index contributed by atoms with van der Waals surface area (Å²) >= 11 is 0. The highest BCUT2D eigenvalue weighted by atomic mass is 16.5. The number of aryl methyl sites for hydroxylation is 1. The van der Waals surface area contributed by atoms with Gasteiger partial charge < -0.3 is 4.74 Å². The van der Waals surface area contributed by atoms with E-state index in [2.05, 4.69) is 5.10 Å². The summed E-state index contributed by atoms with van der Waals surface area (Å²) in [6.45, 7) is 1.95. The van der Waals surface area contributed by atoms with Gasteiger partial charge in [0.25, 0.3) is 5.56 Å². The number of nitrogens with zero attached hydrogens (tertiary/aromatic N) is 2. The van der Waals surface area contributed by atoms with Crippen LogP contribution in [0, 0.1) is 6.92 Å². The summed E-state index contributed by atoms with van der Waals surface area (Å²) < 4.78 is 7.03. The smallest absolute Gasteiger partial charge is 0.276 e. The van der Waals surface area contributed by atoms with Crippen molar-refractivity contribution in [3.63, 3.8) is 0 Å². The van der Waals surface area contributed by atoms with Gasteiger partial charge in [0, 0.05) is 28.6 Å². The van der Waals surface area contributed by atoms with Crippen LogP contribution in [-0.4, -0.2) is 21.7 Å². The molecule has 4 rings (SSSR count). The topological polar surface area (TPSA) is 59.4 Å². The Morgan fingerprint density at radius 3 is 2.71 bits per heavy atom. The number of benzene rings is 1. The van der Waals surface area contributed by atoms with Crippen molar-refractivity contribution in [2.75, 3.05) is 7.11 Å². The second kappa shape index (κ2) is 5.82. The molecule has 3 aromatic rings. The summed E-state index contributed by atoms with van der Waals surface area (Å²) in [7, 11) is 1.65. The highest BCUT2D eigenvalue weighted by Crippen LogP contribution is 2.35. The summed E-state index contributed by atoms with van der Waals surface area (Å²) in [5.74, 6) is 1.12. The van der Waals surface area contributed by atoms with Crippen LogP contribution >= 0.6 is 0 Å². The van der Waals surface area contributed by atoms with Crippen LogP contribution < -0.4 is 10.3 Å². The van der Waals surface area contributed by atoms with Gasteiger partial charge in [-0.25, -0.2) is 9.50 Å². The van der Waals surface area contributed by atoms with Crippen LogP contribution in [0.3, 0.4) is 0 Å². The molecule has 2 heterocycles. The molecule has 1 N–H and O–H groups in total. The summed E-state index contributed by atoms with van der Waals surface area (Å²) in [4.78, 5) is 17.8. The highest BCUT2D eigenvalue weighted by molar-refractivity contribution is 5.81. The zero-order valence-corrected chi connectivity index (χ0v) is 14.0. The van der Waals surface area contributed by atoms with Crippen LogP contribution in [0.5, 0.6) is 5.75 Å². The number of methoxy groups -OCH3 is 1. The second-order valence-electron chi connectivity index (χ2n) is 6.44. The SMILES string of the molecule is COc1ccccc1-c1c[nH]n2c(=O)c(C3CCCC3)c(C)nc12. The van der Waals surface area contributed by atoms with E-state index < -0.39 is 0 Å². The molecule has 1 saturated carbocycles. The molecule has 5 nitrogen and oxygen atoms in total. The van der Waals surface area contributed by atoms with Crippen molar-refractivity contribution >= 4 is 5.65 Å². The molecular weight excluding hydrogens is 302 g/mol. The van der Waals surface area contributed by atoms with E-state index in [9.17, 15) is 4.79 Å². The average molecular weight is 323 g/mol. The average Bonchev–Trinajstić information content (AvgIpc) is 3.25. The van der Waals surface area contributed by atoms with Crippen molar-refractivity contribution in [3.8, 4) is 16.9 Å². The van der Waals surface area contributed by atoms with Crippen LogP contribution in [0.25, 0.3) is 16.8 Å². The molecule has 0 spiro atoms. The minimum absolute atomic E-state index is 0.0329. The molecule has 0 radical (unpaired) electrons. The van der Waals surface area contributed by atoms with E-state index in [-0.39, 0.29) is 5.56 Å². The van der Waals surface area contributed by atoms with Gasteiger partial charge in [-0.2, -0.15) is 0 Å². The summed E-state index contributed by atoms with van der Waals surface area (Å²) in [5, 5.41) is 3.08. The Hall–Kier alpha value is -2.56. The lowest BCUT2D eigenvalue weighted by Gasteiger charge is -2.12. The van der Waals surface area contributed by atoms with E-state index in [1.165, 1.54) is 12.8 Å². The van der Waals surface area contributed by atoms with Crippen LogP contribution in [0.15, 0.2) is 35.3 Å². The number of H-pyrrole nitrogens is 1. The molecule has 5 heteroatoms. The normalized spacial score (nSPS) is 15.2. The Balaban J connectivity index is 1.93. The first-order chi connectivity index (χ1) is 11.7. The third-order valence-corrected chi connectivity index (χ3v) is 5.05. The molecule has 0 bridgehead atoms. The number of rotatable bonds is 3. The number of aromatic nitrogens is 3. The lowest BCUT2D eigenvalue weighted by atomic mass is 9.97. The largest absolute Gasteiger partial charge is 0.496 e. The summed E-state index contributed by atoms with van der Waals surface area (Å²) in [5.41, 5.74) is 4.22. The Morgan fingerprint density at radius 2 is 1.96 bits per heavy atom. The van der Waals surface area contributed by atoms with E-state index in [0.717, 1.165) is 41.0 Å². The van der Waals surface area contributed by atoms with E-state index in [1.807, 2.05) is 37.4 Å². The maximum absolute atomic E-state index is 13.0. The van der Waals surface area contributed by atoms with Crippen molar-refractivity contribution < 1.29 is 4.74 Å². The molecular formula is C19H21N3O2. The van der Waals surface area contributed by atoms with Crippen molar-refractivity contribution in [2.24, 2.45) is 0 Å². The van der Waals surface area contributed by atoms with Crippen LogP contribution in [0.4, 0.5) is 0 Å². The predicted molar refractivity (Wildman–Crippen MR) is 93.7 cm³/mol. The number of aromatic amines is 1. The van der Waals surface area contributed by atoms with E-state index in [0.29, 0.717) is 11.6 Å². The number of hydrogen-bond donors (Lipinski definition) is 1. The zero-order chi connectivity index (χ0) is 16.7. The standard InChI is InChI=1S/C19H21N3O2/c1-12-17(13-7-3-4-8-13)19(23)22-18(21-12)15(11-20-22)14-9-5-6-10-16(14)24-2/h5-6,9-11,13,20H,3-4,7-8H2,1-2H3. The van der Waals surface area contributed by atoms with Crippen molar-refractivity contribution in [3.05, 3.63) is 52.1 Å². The Morgan fingerprint density at radius 1 is 1.21 bits per heavy atom. The third-order valence-electron chi connectivity index (χ3n) is 5.05. The van der Waals surface area contributed by atoms with Gasteiger partial charge in [0.05, 0.1) is 7.11 Å². The number of nitrogens with one attached hydrogen (secondary N) is 1. The zero-order valence-electron chi connectivity index (χ0n) is 14.0. The minimum Gasteiger partial charge on any atom is -0.496 e. The van der Waals surface area contributed by atoms with Crippen LogP contribution in [-0.2, 0) is 0 Å². The summed E-state index contributed by atoms with van der Waals surface area (Å²) in [6.07, 6.45) is 6.40. The molecule has 124 valence electrons. The number of fused-ring (bicyclic) bond motifs is 1. The molecule has 0 atom stereocenters. The summed E-state index contributed by atoms with van der Waals surface area (Å²) in [6, 6.07) is 7.78. The molecule has 0 unspecified atom stereocenters.